The molecule has 4 nitrogen and oxygen atoms in total. The summed E-state index contributed by atoms with van der Waals surface area (Å²) >= 11 is 8.87. The molecule has 0 aliphatic carbocycles. The van der Waals surface area contributed by atoms with E-state index < -0.39 is 22.6 Å². The molecule has 148 valence electrons. The molecule has 1 fully saturated rings. The van der Waals surface area contributed by atoms with Crippen molar-refractivity contribution in [3.63, 3.8) is 0 Å². The van der Waals surface area contributed by atoms with Crippen LogP contribution in [0.3, 0.4) is 0 Å². The number of halogens is 7. The fraction of sp³-hybridized carbons (Fsp3) is 0.375. The normalized spacial score (nSPS) is 17.1. The topological polar surface area (TPSA) is 41.0 Å². The van der Waals surface area contributed by atoms with Crippen molar-refractivity contribution in [2.75, 3.05) is 18.0 Å². The minimum absolute atomic E-state index is 0. The molecule has 1 aliphatic heterocycles. The van der Waals surface area contributed by atoms with E-state index in [-0.39, 0.29) is 30.6 Å². The first-order chi connectivity index (χ1) is 12.2. The molecule has 1 saturated heterocycles. The van der Waals surface area contributed by atoms with Crippen LogP contribution in [0.25, 0.3) is 0 Å². The van der Waals surface area contributed by atoms with Gasteiger partial charge in [0.2, 0.25) is 5.95 Å². The first-order valence-electron chi connectivity index (χ1n) is 7.75. The highest BCUT2D eigenvalue weighted by Crippen LogP contribution is 2.33. The van der Waals surface area contributed by atoms with Crippen LogP contribution in [-0.4, -0.2) is 29.1 Å². The lowest BCUT2D eigenvalue weighted by molar-refractivity contribution is -0.137. The van der Waals surface area contributed by atoms with E-state index in [4.69, 9.17) is 11.6 Å². The zero-order valence-electron chi connectivity index (χ0n) is 13.7. The predicted octanol–water partition coefficient (Wildman–Crippen LogP) is 4.84. The lowest BCUT2D eigenvalue weighted by atomic mass is 10.1. The average molecular weight is 490 g/mol. The van der Waals surface area contributed by atoms with Gasteiger partial charge in [0.15, 0.2) is 0 Å². The first-order valence-corrected chi connectivity index (χ1v) is 8.92. The van der Waals surface area contributed by atoms with Crippen molar-refractivity contribution in [3.05, 3.63) is 51.0 Å². The quantitative estimate of drug-likeness (QED) is 0.624. The average Bonchev–Trinajstić information content (AvgIpc) is 3.04. The van der Waals surface area contributed by atoms with E-state index in [2.05, 4.69) is 31.2 Å². The highest BCUT2D eigenvalue weighted by Gasteiger charge is 2.32. The van der Waals surface area contributed by atoms with Crippen molar-refractivity contribution < 1.29 is 17.6 Å². The van der Waals surface area contributed by atoms with E-state index in [1.165, 1.54) is 0 Å². The molecule has 1 atom stereocenters. The van der Waals surface area contributed by atoms with Gasteiger partial charge in [0, 0.05) is 43.6 Å². The Morgan fingerprint density at radius 1 is 1.26 bits per heavy atom. The zero-order chi connectivity index (χ0) is 18.9. The fourth-order valence-electron chi connectivity index (χ4n) is 2.77. The summed E-state index contributed by atoms with van der Waals surface area (Å²) in [6.45, 7) is 1.23. The summed E-state index contributed by atoms with van der Waals surface area (Å²) in [5, 5.41) is 2.55. The predicted molar refractivity (Wildman–Crippen MR) is 101 cm³/mol. The zero-order valence-corrected chi connectivity index (χ0v) is 16.9. The van der Waals surface area contributed by atoms with E-state index in [1.54, 1.807) is 12.4 Å². The van der Waals surface area contributed by atoms with Crippen LogP contribution in [0.1, 0.15) is 17.5 Å². The number of benzene rings is 1. The third-order valence-electron chi connectivity index (χ3n) is 4.09. The molecule has 11 heteroatoms. The lowest BCUT2D eigenvalue weighted by Crippen LogP contribution is -2.33. The molecule has 1 aromatic heterocycles. The molecule has 27 heavy (non-hydrogen) atoms. The van der Waals surface area contributed by atoms with Crippen molar-refractivity contribution in [2.45, 2.75) is 25.2 Å². The molecule has 0 spiro atoms. The molecule has 2 aromatic rings. The Balaban J connectivity index is 0.00000261. The Labute approximate surface area is 172 Å². The Hall–Kier alpha value is -1.16. The SMILES string of the molecule is Cl.Fc1c(Cl)cc(C(F)(F)F)cc1CN[C@H]1CCN(c2ncc(Br)cn2)C1. The van der Waals surface area contributed by atoms with E-state index >= 15 is 0 Å². The standard InChI is InChI=1S/C16H14BrClF4N4.ClH/c17-11-6-24-15(25-7-11)26-2-1-12(8-26)23-5-9-3-10(16(20,21)22)4-13(18)14(9)19;/h3-4,6-7,12,23H,1-2,5,8H2;1H/t12-;/m0./s1. The van der Waals surface area contributed by atoms with Crippen LogP contribution >= 0.6 is 39.9 Å². The first kappa shape index (κ1) is 22.1. The smallest absolute Gasteiger partial charge is 0.339 e. The molecule has 3 rings (SSSR count). The monoisotopic (exact) mass is 488 g/mol. The van der Waals surface area contributed by atoms with Crippen molar-refractivity contribution in [1.82, 2.24) is 15.3 Å². The van der Waals surface area contributed by atoms with Gasteiger partial charge < -0.3 is 10.2 Å². The summed E-state index contributed by atoms with van der Waals surface area (Å²) in [7, 11) is 0. The second-order valence-corrected chi connectivity index (χ2v) is 7.27. The van der Waals surface area contributed by atoms with Crippen LogP contribution in [0.2, 0.25) is 5.02 Å². The van der Waals surface area contributed by atoms with E-state index in [0.717, 1.165) is 17.0 Å². The molecular formula is C16H15BrCl2F4N4. The minimum Gasteiger partial charge on any atom is -0.339 e. The Bertz CT molecular complexity index is 789. The van der Waals surface area contributed by atoms with Crippen molar-refractivity contribution in [1.29, 1.82) is 0 Å². The van der Waals surface area contributed by atoms with E-state index in [9.17, 15) is 17.6 Å². The van der Waals surface area contributed by atoms with Gasteiger partial charge in [-0.2, -0.15) is 13.2 Å². The highest BCUT2D eigenvalue weighted by molar-refractivity contribution is 9.10. The lowest BCUT2D eigenvalue weighted by Gasteiger charge is -2.17. The maximum atomic E-state index is 14.0. The van der Waals surface area contributed by atoms with Gasteiger partial charge in [-0.15, -0.1) is 12.4 Å². The summed E-state index contributed by atoms with van der Waals surface area (Å²) in [4.78, 5) is 10.4. The number of alkyl halides is 3. The third-order valence-corrected chi connectivity index (χ3v) is 4.77. The molecule has 0 radical (unpaired) electrons. The van der Waals surface area contributed by atoms with Crippen LogP contribution in [0.5, 0.6) is 0 Å². The van der Waals surface area contributed by atoms with Gasteiger partial charge in [0.25, 0.3) is 0 Å². The molecule has 0 unspecified atom stereocenters. The van der Waals surface area contributed by atoms with Crippen LogP contribution in [0, 0.1) is 5.82 Å². The van der Waals surface area contributed by atoms with Gasteiger partial charge in [0.05, 0.1) is 15.1 Å². The van der Waals surface area contributed by atoms with Gasteiger partial charge in [-0.05, 0) is 34.5 Å². The van der Waals surface area contributed by atoms with Gasteiger partial charge >= 0.3 is 6.18 Å². The van der Waals surface area contributed by atoms with Crippen molar-refractivity contribution in [3.8, 4) is 0 Å². The minimum atomic E-state index is -4.57. The number of nitrogens with one attached hydrogen (secondary N) is 1. The van der Waals surface area contributed by atoms with E-state index in [0.29, 0.717) is 25.1 Å². The maximum Gasteiger partial charge on any atom is 0.416 e. The second-order valence-electron chi connectivity index (χ2n) is 5.94. The summed E-state index contributed by atoms with van der Waals surface area (Å²) in [6.07, 6.45) is -0.547. The fourth-order valence-corrected chi connectivity index (χ4v) is 3.21. The molecule has 0 bridgehead atoms. The number of hydrogen-bond donors (Lipinski definition) is 1. The van der Waals surface area contributed by atoms with Crippen molar-refractivity contribution >= 4 is 45.9 Å². The van der Waals surface area contributed by atoms with Gasteiger partial charge in [0.1, 0.15) is 5.82 Å². The number of rotatable bonds is 4. The third kappa shape index (κ3) is 5.43. The summed E-state index contributed by atoms with van der Waals surface area (Å²) in [5.41, 5.74) is -1.07. The van der Waals surface area contributed by atoms with Gasteiger partial charge in [-0.1, -0.05) is 11.6 Å². The molecule has 1 aromatic carbocycles. The maximum absolute atomic E-state index is 14.0. The number of anilines is 1. The van der Waals surface area contributed by atoms with Gasteiger partial charge in [-0.3, -0.25) is 0 Å². The second kappa shape index (κ2) is 8.89. The molecular weight excluding hydrogens is 475 g/mol. The summed E-state index contributed by atoms with van der Waals surface area (Å²) in [6, 6.07) is 1.37. The largest absolute Gasteiger partial charge is 0.416 e. The number of nitrogens with zero attached hydrogens (tertiary/aromatic N) is 3. The van der Waals surface area contributed by atoms with Crippen LogP contribution in [-0.2, 0) is 12.7 Å². The van der Waals surface area contributed by atoms with Crippen LogP contribution in [0.4, 0.5) is 23.5 Å². The Kier molecular flexibility index (Phi) is 7.29. The summed E-state index contributed by atoms with van der Waals surface area (Å²) in [5.74, 6) is -0.260. The Morgan fingerprint density at radius 2 is 1.93 bits per heavy atom. The van der Waals surface area contributed by atoms with Crippen molar-refractivity contribution in [2.24, 2.45) is 0 Å². The number of aromatic nitrogens is 2. The van der Waals surface area contributed by atoms with E-state index in [1.807, 2.05) is 4.90 Å². The molecule has 1 N–H and O–H groups in total. The molecule has 0 amide bonds. The van der Waals surface area contributed by atoms with Crippen LogP contribution in [0.15, 0.2) is 29.0 Å². The van der Waals surface area contributed by atoms with Gasteiger partial charge in [-0.25, -0.2) is 14.4 Å². The Morgan fingerprint density at radius 3 is 2.56 bits per heavy atom. The number of hydrogen-bond acceptors (Lipinski definition) is 4. The molecule has 1 aliphatic rings. The molecule has 0 saturated carbocycles. The molecule has 2 heterocycles. The van der Waals surface area contributed by atoms with Crippen LogP contribution < -0.4 is 10.2 Å². The highest BCUT2D eigenvalue weighted by atomic mass is 79.9. The summed E-state index contributed by atoms with van der Waals surface area (Å²) < 4.78 is 53.4.